The summed E-state index contributed by atoms with van der Waals surface area (Å²) in [5.74, 6) is 1.77. The molecule has 0 fully saturated rings. The Bertz CT molecular complexity index is 480. The molecular formula is C13H13BrN2O2. The maximum absolute atomic E-state index is 11.6. The largest absolute Gasteiger partial charge is 0.347 e. The molecule has 0 radical (unpaired) electrons. The molecule has 0 aliphatic heterocycles. The molecule has 0 saturated carbocycles. The van der Waals surface area contributed by atoms with E-state index in [-0.39, 0.29) is 31.3 Å². The Morgan fingerprint density at radius 3 is 2.61 bits per heavy atom. The molecular weight excluding hydrogens is 296 g/mol. The quantitative estimate of drug-likeness (QED) is 0.793. The van der Waals surface area contributed by atoms with E-state index in [0.29, 0.717) is 0 Å². The number of carbonyl (C=O) groups excluding carboxylic acids is 2. The summed E-state index contributed by atoms with van der Waals surface area (Å²) in [6.07, 6.45) is 5.22. The van der Waals surface area contributed by atoms with E-state index in [1.54, 1.807) is 0 Å². The molecule has 94 valence electrons. The SMILES string of the molecule is C#CCNC(=O)CNC(=O)Cc1ccccc1Br. The number of hydrogen-bond acceptors (Lipinski definition) is 2. The lowest BCUT2D eigenvalue weighted by molar-refractivity contribution is -0.125. The molecule has 0 aliphatic rings. The van der Waals surface area contributed by atoms with Gasteiger partial charge in [-0.25, -0.2) is 0 Å². The normalized spacial score (nSPS) is 9.33. The average molecular weight is 309 g/mol. The lowest BCUT2D eigenvalue weighted by Crippen LogP contribution is -2.37. The summed E-state index contributed by atoms with van der Waals surface area (Å²) in [6, 6.07) is 7.44. The molecule has 0 aliphatic carbocycles. The van der Waals surface area contributed by atoms with Crippen molar-refractivity contribution in [3.63, 3.8) is 0 Å². The Balaban J connectivity index is 2.37. The molecule has 5 heteroatoms. The Morgan fingerprint density at radius 2 is 1.94 bits per heavy atom. The van der Waals surface area contributed by atoms with Crippen LogP contribution in [-0.4, -0.2) is 24.9 Å². The average Bonchev–Trinajstić information content (AvgIpc) is 2.36. The van der Waals surface area contributed by atoms with Crippen molar-refractivity contribution in [3.8, 4) is 12.3 Å². The van der Waals surface area contributed by atoms with Gasteiger partial charge in [0.2, 0.25) is 11.8 Å². The van der Waals surface area contributed by atoms with E-state index in [1.807, 2.05) is 24.3 Å². The fourth-order valence-corrected chi connectivity index (χ4v) is 1.69. The molecule has 0 spiro atoms. The third-order valence-corrected chi connectivity index (χ3v) is 2.92. The van der Waals surface area contributed by atoms with Crippen molar-refractivity contribution in [2.75, 3.05) is 13.1 Å². The minimum Gasteiger partial charge on any atom is -0.347 e. The van der Waals surface area contributed by atoms with Crippen molar-refractivity contribution in [3.05, 3.63) is 34.3 Å². The highest BCUT2D eigenvalue weighted by Gasteiger charge is 2.07. The second kappa shape index (κ2) is 7.51. The highest BCUT2D eigenvalue weighted by atomic mass is 79.9. The summed E-state index contributed by atoms with van der Waals surface area (Å²) in [7, 11) is 0. The van der Waals surface area contributed by atoms with E-state index >= 15 is 0 Å². The van der Waals surface area contributed by atoms with Crippen LogP contribution in [0.2, 0.25) is 0 Å². The van der Waals surface area contributed by atoms with Crippen LogP contribution in [0.15, 0.2) is 28.7 Å². The van der Waals surface area contributed by atoms with Crippen LogP contribution in [0.5, 0.6) is 0 Å². The van der Waals surface area contributed by atoms with Gasteiger partial charge in [-0.1, -0.05) is 40.0 Å². The second-order valence-corrected chi connectivity index (χ2v) is 4.38. The first-order valence-corrected chi connectivity index (χ1v) is 6.13. The minimum atomic E-state index is -0.298. The predicted octanol–water partition coefficient (Wildman–Crippen LogP) is 0.857. The van der Waals surface area contributed by atoms with Gasteiger partial charge in [0, 0.05) is 4.47 Å². The summed E-state index contributed by atoms with van der Waals surface area (Å²) in [4.78, 5) is 22.8. The summed E-state index contributed by atoms with van der Waals surface area (Å²) in [6.45, 7) is 0.101. The smallest absolute Gasteiger partial charge is 0.240 e. The fraction of sp³-hybridized carbons (Fsp3) is 0.231. The molecule has 2 N–H and O–H groups in total. The lowest BCUT2D eigenvalue weighted by Gasteiger charge is -2.06. The summed E-state index contributed by atoms with van der Waals surface area (Å²) in [5.41, 5.74) is 0.874. The number of nitrogens with one attached hydrogen (secondary N) is 2. The molecule has 0 saturated heterocycles. The molecule has 0 unspecified atom stereocenters. The van der Waals surface area contributed by atoms with Crippen molar-refractivity contribution in [1.29, 1.82) is 0 Å². The number of amides is 2. The van der Waals surface area contributed by atoms with Crippen LogP contribution in [0, 0.1) is 12.3 Å². The third-order valence-electron chi connectivity index (χ3n) is 2.14. The van der Waals surface area contributed by atoms with Gasteiger partial charge in [-0.05, 0) is 11.6 Å². The highest BCUT2D eigenvalue weighted by molar-refractivity contribution is 9.10. The molecule has 4 nitrogen and oxygen atoms in total. The molecule has 1 aromatic rings. The van der Waals surface area contributed by atoms with E-state index in [2.05, 4.69) is 32.5 Å². The van der Waals surface area contributed by atoms with Gasteiger partial charge in [-0.15, -0.1) is 6.42 Å². The minimum absolute atomic E-state index is 0.0645. The van der Waals surface area contributed by atoms with E-state index in [9.17, 15) is 9.59 Å². The number of benzene rings is 1. The van der Waals surface area contributed by atoms with Gasteiger partial charge in [-0.3, -0.25) is 9.59 Å². The zero-order valence-corrected chi connectivity index (χ0v) is 11.3. The number of rotatable bonds is 5. The van der Waals surface area contributed by atoms with Crippen molar-refractivity contribution in [1.82, 2.24) is 10.6 Å². The monoisotopic (exact) mass is 308 g/mol. The molecule has 0 heterocycles. The van der Waals surface area contributed by atoms with Crippen molar-refractivity contribution in [2.45, 2.75) is 6.42 Å². The zero-order chi connectivity index (χ0) is 13.4. The Morgan fingerprint density at radius 1 is 1.22 bits per heavy atom. The standard InChI is InChI=1S/C13H13BrN2O2/c1-2-7-15-13(18)9-16-12(17)8-10-5-3-4-6-11(10)14/h1,3-6H,7-9H2,(H,15,18)(H,16,17). The first-order valence-electron chi connectivity index (χ1n) is 5.33. The van der Waals surface area contributed by atoms with Crippen LogP contribution < -0.4 is 10.6 Å². The van der Waals surface area contributed by atoms with Crippen LogP contribution in [0.3, 0.4) is 0 Å². The molecule has 0 aromatic heterocycles. The lowest BCUT2D eigenvalue weighted by atomic mass is 10.1. The van der Waals surface area contributed by atoms with E-state index in [4.69, 9.17) is 6.42 Å². The Hall–Kier alpha value is -1.80. The Kier molecular flexibility index (Phi) is 5.95. The Labute approximate surface area is 114 Å². The van der Waals surface area contributed by atoms with Gasteiger partial charge < -0.3 is 10.6 Å². The van der Waals surface area contributed by atoms with Crippen LogP contribution >= 0.6 is 15.9 Å². The first kappa shape index (κ1) is 14.3. The van der Waals surface area contributed by atoms with Gasteiger partial charge in [-0.2, -0.15) is 0 Å². The molecule has 18 heavy (non-hydrogen) atoms. The number of carbonyl (C=O) groups is 2. The van der Waals surface area contributed by atoms with Crippen LogP contribution in [0.1, 0.15) is 5.56 Å². The van der Waals surface area contributed by atoms with Gasteiger partial charge in [0.25, 0.3) is 0 Å². The molecule has 2 amide bonds. The number of hydrogen-bond donors (Lipinski definition) is 2. The van der Waals surface area contributed by atoms with Crippen molar-refractivity contribution >= 4 is 27.7 Å². The van der Waals surface area contributed by atoms with E-state index in [1.165, 1.54) is 0 Å². The van der Waals surface area contributed by atoms with E-state index < -0.39 is 0 Å². The number of terminal acetylenes is 1. The van der Waals surface area contributed by atoms with Crippen LogP contribution in [0.4, 0.5) is 0 Å². The molecule has 0 bridgehead atoms. The van der Waals surface area contributed by atoms with Crippen LogP contribution in [0.25, 0.3) is 0 Å². The van der Waals surface area contributed by atoms with Crippen molar-refractivity contribution < 1.29 is 9.59 Å². The third kappa shape index (κ3) is 5.02. The first-order chi connectivity index (χ1) is 8.63. The molecule has 0 atom stereocenters. The maximum Gasteiger partial charge on any atom is 0.240 e. The van der Waals surface area contributed by atoms with E-state index in [0.717, 1.165) is 10.0 Å². The fourth-order valence-electron chi connectivity index (χ4n) is 1.27. The van der Waals surface area contributed by atoms with Crippen molar-refractivity contribution in [2.24, 2.45) is 0 Å². The van der Waals surface area contributed by atoms with Gasteiger partial charge >= 0.3 is 0 Å². The van der Waals surface area contributed by atoms with Gasteiger partial charge in [0.05, 0.1) is 19.5 Å². The van der Waals surface area contributed by atoms with Crippen LogP contribution in [-0.2, 0) is 16.0 Å². The molecule has 1 aromatic carbocycles. The topological polar surface area (TPSA) is 58.2 Å². The summed E-state index contributed by atoms with van der Waals surface area (Å²) < 4.78 is 0.872. The maximum atomic E-state index is 11.6. The summed E-state index contributed by atoms with van der Waals surface area (Å²) >= 11 is 3.36. The highest BCUT2D eigenvalue weighted by Crippen LogP contribution is 2.15. The second-order valence-electron chi connectivity index (χ2n) is 3.53. The zero-order valence-electron chi connectivity index (χ0n) is 9.70. The predicted molar refractivity (Wildman–Crippen MR) is 72.7 cm³/mol. The summed E-state index contributed by atoms with van der Waals surface area (Å²) in [5, 5.41) is 4.99. The van der Waals surface area contributed by atoms with Gasteiger partial charge in [0.15, 0.2) is 0 Å². The molecule has 1 rings (SSSR count). The number of halogens is 1. The van der Waals surface area contributed by atoms with Gasteiger partial charge in [0.1, 0.15) is 0 Å².